The predicted molar refractivity (Wildman–Crippen MR) is 112 cm³/mol. The van der Waals surface area contributed by atoms with Gasteiger partial charge in [0.15, 0.2) is 0 Å². The zero-order valence-electron chi connectivity index (χ0n) is 17.6. The fourth-order valence-corrected chi connectivity index (χ4v) is 3.32. The number of hydrogen-bond acceptors (Lipinski definition) is 4. The van der Waals surface area contributed by atoms with Crippen molar-refractivity contribution in [1.29, 1.82) is 0 Å². The van der Waals surface area contributed by atoms with Crippen LogP contribution >= 0.6 is 0 Å². The Morgan fingerprint density at radius 3 is 2.43 bits per heavy atom. The third-order valence-corrected chi connectivity index (χ3v) is 5.14. The van der Waals surface area contributed by atoms with Gasteiger partial charge in [-0.25, -0.2) is 5.48 Å². The van der Waals surface area contributed by atoms with E-state index in [0.717, 1.165) is 5.57 Å². The Bertz CT molecular complexity index is 592. The second-order valence-corrected chi connectivity index (χ2v) is 7.39. The van der Waals surface area contributed by atoms with Gasteiger partial charge in [-0.3, -0.25) is 19.8 Å². The molecule has 1 fully saturated rings. The number of carbonyl (C=O) groups is 2. The molecule has 7 nitrogen and oxygen atoms in total. The highest BCUT2D eigenvalue weighted by Crippen LogP contribution is 2.26. The molecule has 0 saturated heterocycles. The maximum atomic E-state index is 12.7. The van der Waals surface area contributed by atoms with E-state index in [4.69, 9.17) is 5.21 Å². The van der Waals surface area contributed by atoms with Crippen molar-refractivity contribution in [1.82, 2.24) is 16.1 Å². The van der Waals surface area contributed by atoms with Gasteiger partial charge in [0.05, 0.1) is 0 Å². The molecule has 0 aliphatic heterocycles. The Morgan fingerprint density at radius 2 is 1.86 bits per heavy atom. The number of hydroxylamine groups is 1. The summed E-state index contributed by atoms with van der Waals surface area (Å²) >= 11 is 0. The summed E-state index contributed by atoms with van der Waals surface area (Å²) in [7, 11) is 0. The molecular formula is C21H36N4O3. The van der Waals surface area contributed by atoms with E-state index in [9.17, 15) is 9.59 Å². The van der Waals surface area contributed by atoms with Crippen LogP contribution in [0.15, 0.2) is 28.9 Å². The lowest BCUT2D eigenvalue weighted by molar-refractivity contribution is -0.124. The van der Waals surface area contributed by atoms with Crippen LogP contribution in [0.5, 0.6) is 0 Å². The predicted octanol–water partition coefficient (Wildman–Crippen LogP) is 3.21. The van der Waals surface area contributed by atoms with E-state index in [0.29, 0.717) is 24.6 Å². The molecular weight excluding hydrogens is 356 g/mol. The minimum Gasteiger partial charge on any atom is -0.352 e. The molecule has 1 saturated carbocycles. The Kier molecular flexibility index (Phi) is 11.2. The van der Waals surface area contributed by atoms with Crippen LogP contribution in [-0.4, -0.2) is 34.9 Å². The molecule has 2 amide bonds. The van der Waals surface area contributed by atoms with Crippen molar-refractivity contribution in [2.24, 2.45) is 10.9 Å². The maximum Gasteiger partial charge on any atom is 0.267 e. The number of nitrogens with one attached hydrogen (secondary N) is 3. The molecule has 0 unspecified atom stereocenters. The topological polar surface area (TPSA) is 103 Å². The van der Waals surface area contributed by atoms with Gasteiger partial charge in [-0.15, -0.1) is 0 Å². The van der Waals surface area contributed by atoms with Gasteiger partial charge in [0.1, 0.15) is 11.9 Å². The van der Waals surface area contributed by atoms with Gasteiger partial charge in [0.25, 0.3) is 5.91 Å². The summed E-state index contributed by atoms with van der Waals surface area (Å²) in [6, 6.07) is -0.238. The molecule has 158 valence electrons. The second-order valence-electron chi connectivity index (χ2n) is 7.39. The zero-order chi connectivity index (χ0) is 20.9. The minimum atomic E-state index is -0.591. The van der Waals surface area contributed by atoms with Gasteiger partial charge in [0, 0.05) is 24.7 Å². The monoisotopic (exact) mass is 392 g/mol. The summed E-state index contributed by atoms with van der Waals surface area (Å²) in [5, 5.41) is 14.8. The third kappa shape index (κ3) is 8.69. The van der Waals surface area contributed by atoms with Crippen molar-refractivity contribution in [3.05, 3.63) is 23.9 Å². The van der Waals surface area contributed by atoms with Crippen molar-refractivity contribution < 1.29 is 14.8 Å². The Balaban J connectivity index is 2.68. The first-order chi connectivity index (χ1) is 13.4. The Morgan fingerprint density at radius 1 is 1.18 bits per heavy atom. The Hall–Kier alpha value is -2.15. The van der Waals surface area contributed by atoms with E-state index in [1.807, 2.05) is 20.8 Å². The molecule has 0 radical (unpaired) electrons. The van der Waals surface area contributed by atoms with E-state index in [1.165, 1.54) is 38.2 Å². The highest BCUT2D eigenvalue weighted by atomic mass is 16.5. The second kappa shape index (κ2) is 13.1. The van der Waals surface area contributed by atoms with Crippen molar-refractivity contribution in [2.45, 2.75) is 84.7 Å². The fourth-order valence-electron chi connectivity index (χ4n) is 3.32. The number of rotatable bonds is 9. The van der Waals surface area contributed by atoms with Crippen LogP contribution in [0, 0.1) is 5.92 Å². The summed E-state index contributed by atoms with van der Waals surface area (Å²) in [4.78, 5) is 28.3. The molecule has 1 rings (SSSR count). The lowest BCUT2D eigenvalue weighted by atomic mass is 9.84. The summed E-state index contributed by atoms with van der Waals surface area (Å²) in [5.41, 5.74) is 2.33. The molecule has 0 spiro atoms. The summed E-state index contributed by atoms with van der Waals surface area (Å²) in [6.07, 6.45) is 12.0. The highest BCUT2D eigenvalue weighted by Gasteiger charge is 2.24. The molecule has 2 atom stereocenters. The molecule has 7 heteroatoms. The van der Waals surface area contributed by atoms with Crippen LogP contribution in [0.4, 0.5) is 0 Å². The quantitative estimate of drug-likeness (QED) is 0.121. The van der Waals surface area contributed by atoms with E-state index < -0.39 is 11.9 Å². The molecule has 1 aliphatic rings. The van der Waals surface area contributed by atoms with Crippen LogP contribution in [0.25, 0.3) is 0 Å². The fraction of sp³-hybridized carbons (Fsp3) is 0.667. The number of allylic oxidation sites excluding steroid dienone is 2. The lowest BCUT2D eigenvalue weighted by Gasteiger charge is -2.29. The van der Waals surface area contributed by atoms with Crippen LogP contribution in [0.3, 0.4) is 0 Å². The average molecular weight is 393 g/mol. The van der Waals surface area contributed by atoms with Gasteiger partial charge >= 0.3 is 0 Å². The number of carbonyl (C=O) groups excluding carboxylic acids is 2. The molecule has 28 heavy (non-hydrogen) atoms. The summed E-state index contributed by atoms with van der Waals surface area (Å²) in [5.74, 6) is 0.670. The van der Waals surface area contributed by atoms with Crippen LogP contribution in [0.2, 0.25) is 0 Å². The molecule has 0 bridgehead atoms. The van der Waals surface area contributed by atoms with Crippen LogP contribution in [0.1, 0.15) is 72.6 Å². The molecule has 0 aromatic heterocycles. The first-order valence-corrected chi connectivity index (χ1v) is 10.3. The SMILES string of the molecule is CCC(=N[C@H](CC)C(=O)N[C@@H](C)C1CCCCC1)N/C=C(C)/C=C/C(=O)NO. The van der Waals surface area contributed by atoms with Crippen molar-refractivity contribution >= 4 is 17.6 Å². The highest BCUT2D eigenvalue weighted by molar-refractivity contribution is 5.89. The van der Waals surface area contributed by atoms with E-state index in [2.05, 4.69) is 22.5 Å². The van der Waals surface area contributed by atoms with Gasteiger partial charge < -0.3 is 10.6 Å². The van der Waals surface area contributed by atoms with E-state index in [1.54, 1.807) is 17.8 Å². The van der Waals surface area contributed by atoms with Gasteiger partial charge in [-0.05, 0) is 44.6 Å². The van der Waals surface area contributed by atoms with Gasteiger partial charge in [-0.1, -0.05) is 39.2 Å². The van der Waals surface area contributed by atoms with E-state index >= 15 is 0 Å². The number of nitrogens with zero attached hydrogens (tertiary/aromatic N) is 1. The number of amidine groups is 1. The normalized spacial score (nSPS) is 18.6. The summed E-state index contributed by atoms with van der Waals surface area (Å²) < 4.78 is 0. The smallest absolute Gasteiger partial charge is 0.267 e. The van der Waals surface area contributed by atoms with Crippen molar-refractivity contribution in [3.63, 3.8) is 0 Å². The maximum absolute atomic E-state index is 12.7. The molecule has 0 aromatic rings. The number of aliphatic imine (C=N–C) groups is 1. The first-order valence-electron chi connectivity index (χ1n) is 10.3. The first kappa shape index (κ1) is 23.9. The van der Waals surface area contributed by atoms with Crippen molar-refractivity contribution in [3.8, 4) is 0 Å². The molecule has 0 heterocycles. The van der Waals surface area contributed by atoms with Crippen molar-refractivity contribution in [2.75, 3.05) is 0 Å². The van der Waals surface area contributed by atoms with Crippen LogP contribution in [-0.2, 0) is 9.59 Å². The van der Waals surface area contributed by atoms with Gasteiger partial charge in [-0.2, -0.15) is 0 Å². The van der Waals surface area contributed by atoms with Gasteiger partial charge in [0.2, 0.25) is 5.91 Å². The molecule has 1 aliphatic carbocycles. The number of amides is 2. The number of hydrogen-bond donors (Lipinski definition) is 4. The summed E-state index contributed by atoms with van der Waals surface area (Å²) in [6.45, 7) is 7.85. The largest absolute Gasteiger partial charge is 0.352 e. The zero-order valence-corrected chi connectivity index (χ0v) is 17.6. The average Bonchev–Trinajstić information content (AvgIpc) is 2.72. The van der Waals surface area contributed by atoms with Crippen LogP contribution < -0.4 is 16.1 Å². The Labute approximate surface area is 168 Å². The third-order valence-electron chi connectivity index (χ3n) is 5.14. The minimum absolute atomic E-state index is 0.0199. The molecule has 0 aromatic carbocycles. The van der Waals surface area contributed by atoms with E-state index in [-0.39, 0.29) is 11.9 Å². The lowest BCUT2D eigenvalue weighted by Crippen LogP contribution is -2.43. The standard InChI is InChI=1S/C21H36N4O3/c1-5-18(21(27)23-16(4)17-10-8-7-9-11-17)24-19(6-2)22-14-15(3)12-13-20(26)25-28/h12-14,16-18,28H,5-11H2,1-4H3,(H,22,24)(H,23,27)(H,25,26)/b13-12+,15-14+/t16-,18+/m0/s1. The molecule has 4 N–H and O–H groups in total.